The molecule has 0 aromatic heterocycles. The standard InChI is InChI=1S/C25H33N5O2.HI/c1-26-25(27-16-21-9-10-30(18-21)22-5-3-2-4-6-22)29-13-11-28(12-14-29)17-20-7-8-23-24(15-20)32-19-31-23;/h2-8,15,21H,9-14,16-19H2,1H3,(H,26,27);1H. The average molecular weight is 563 g/mol. The second kappa shape index (κ2) is 11.3. The number of fused-ring (bicyclic) bond motifs is 1. The van der Waals surface area contributed by atoms with Crippen LogP contribution < -0.4 is 19.7 Å². The van der Waals surface area contributed by atoms with Crippen LogP contribution >= 0.6 is 24.0 Å². The summed E-state index contributed by atoms with van der Waals surface area (Å²) in [4.78, 5) is 11.9. The molecule has 2 fully saturated rings. The Hall–Kier alpha value is -2.20. The van der Waals surface area contributed by atoms with Crippen molar-refractivity contribution < 1.29 is 9.47 Å². The third-order valence-electron chi connectivity index (χ3n) is 6.68. The summed E-state index contributed by atoms with van der Waals surface area (Å²) in [5, 5.41) is 3.65. The first-order chi connectivity index (χ1) is 15.8. The molecular formula is C25H34IN5O2. The maximum atomic E-state index is 5.52. The van der Waals surface area contributed by atoms with Crippen LogP contribution in [0, 0.1) is 5.92 Å². The fourth-order valence-electron chi connectivity index (χ4n) is 4.86. The molecule has 5 rings (SSSR count). The molecule has 7 nitrogen and oxygen atoms in total. The van der Waals surface area contributed by atoms with Crippen molar-refractivity contribution in [2.75, 3.05) is 64.6 Å². The van der Waals surface area contributed by atoms with E-state index in [0.717, 1.165) is 69.8 Å². The van der Waals surface area contributed by atoms with Crippen LogP contribution in [-0.2, 0) is 6.54 Å². The Morgan fingerprint density at radius 3 is 2.58 bits per heavy atom. The molecule has 1 atom stereocenters. The van der Waals surface area contributed by atoms with Gasteiger partial charge in [0.05, 0.1) is 0 Å². The highest BCUT2D eigenvalue weighted by Gasteiger charge is 2.25. The zero-order chi connectivity index (χ0) is 21.8. The maximum absolute atomic E-state index is 5.52. The van der Waals surface area contributed by atoms with Crippen LogP contribution in [0.3, 0.4) is 0 Å². The Balaban J connectivity index is 0.00000259. The fourth-order valence-corrected chi connectivity index (χ4v) is 4.86. The third-order valence-corrected chi connectivity index (χ3v) is 6.68. The van der Waals surface area contributed by atoms with Gasteiger partial charge in [0, 0.05) is 65.1 Å². The second-order valence-corrected chi connectivity index (χ2v) is 8.82. The van der Waals surface area contributed by atoms with Gasteiger partial charge in [-0.1, -0.05) is 24.3 Å². The van der Waals surface area contributed by atoms with E-state index in [-0.39, 0.29) is 24.0 Å². The van der Waals surface area contributed by atoms with Crippen molar-refractivity contribution in [3.05, 3.63) is 54.1 Å². The highest BCUT2D eigenvalue weighted by molar-refractivity contribution is 14.0. The predicted molar refractivity (Wildman–Crippen MR) is 143 cm³/mol. The Morgan fingerprint density at radius 1 is 1.00 bits per heavy atom. The summed E-state index contributed by atoms with van der Waals surface area (Å²) in [5.74, 6) is 3.40. The molecule has 0 aliphatic carbocycles. The summed E-state index contributed by atoms with van der Waals surface area (Å²) < 4.78 is 10.9. The van der Waals surface area contributed by atoms with Gasteiger partial charge >= 0.3 is 0 Å². The van der Waals surface area contributed by atoms with Crippen LogP contribution in [0.15, 0.2) is 53.5 Å². The minimum absolute atomic E-state index is 0. The predicted octanol–water partition coefficient (Wildman–Crippen LogP) is 3.25. The van der Waals surface area contributed by atoms with E-state index < -0.39 is 0 Å². The molecule has 0 bridgehead atoms. The van der Waals surface area contributed by atoms with Gasteiger partial charge < -0.3 is 24.6 Å². The van der Waals surface area contributed by atoms with Gasteiger partial charge in [0.1, 0.15) is 0 Å². The minimum atomic E-state index is 0. The van der Waals surface area contributed by atoms with Crippen LogP contribution in [0.5, 0.6) is 11.5 Å². The molecule has 1 N–H and O–H groups in total. The minimum Gasteiger partial charge on any atom is -0.454 e. The lowest BCUT2D eigenvalue weighted by atomic mass is 10.1. The summed E-state index contributed by atoms with van der Waals surface area (Å²) in [5.41, 5.74) is 2.60. The number of aliphatic imine (C=N–C) groups is 1. The van der Waals surface area contributed by atoms with Crippen molar-refractivity contribution in [3.8, 4) is 11.5 Å². The molecule has 2 aromatic carbocycles. The molecule has 0 saturated carbocycles. The molecule has 3 aliphatic rings. The van der Waals surface area contributed by atoms with Crippen molar-refractivity contribution in [2.24, 2.45) is 10.9 Å². The number of hydrogen-bond acceptors (Lipinski definition) is 5. The quantitative estimate of drug-likeness (QED) is 0.343. The van der Waals surface area contributed by atoms with Crippen molar-refractivity contribution >= 4 is 35.6 Å². The number of nitrogens with zero attached hydrogens (tertiary/aromatic N) is 4. The molecule has 8 heteroatoms. The van der Waals surface area contributed by atoms with Crippen LogP contribution in [-0.4, -0.2) is 75.4 Å². The Labute approximate surface area is 213 Å². The number of benzene rings is 2. The van der Waals surface area contributed by atoms with E-state index in [0.29, 0.717) is 12.7 Å². The molecule has 33 heavy (non-hydrogen) atoms. The lowest BCUT2D eigenvalue weighted by molar-refractivity contribution is 0.171. The lowest BCUT2D eigenvalue weighted by Crippen LogP contribution is -2.52. The Morgan fingerprint density at radius 2 is 1.79 bits per heavy atom. The highest BCUT2D eigenvalue weighted by atomic mass is 127. The number of halogens is 1. The fraction of sp³-hybridized carbons (Fsp3) is 0.480. The molecular weight excluding hydrogens is 529 g/mol. The average Bonchev–Trinajstić information content (AvgIpc) is 3.50. The van der Waals surface area contributed by atoms with Gasteiger partial charge in [0.2, 0.25) is 6.79 Å². The number of rotatable bonds is 5. The molecule has 1 unspecified atom stereocenters. The highest BCUT2D eigenvalue weighted by Crippen LogP contribution is 2.32. The molecule has 0 spiro atoms. The topological polar surface area (TPSA) is 52.6 Å². The maximum Gasteiger partial charge on any atom is 0.231 e. The second-order valence-electron chi connectivity index (χ2n) is 8.82. The summed E-state index contributed by atoms with van der Waals surface area (Å²) in [6, 6.07) is 17.0. The summed E-state index contributed by atoms with van der Waals surface area (Å²) in [6.07, 6.45) is 1.22. The Bertz CT molecular complexity index is 934. The Kier molecular flexibility index (Phi) is 8.19. The first-order valence-electron chi connectivity index (χ1n) is 11.6. The first kappa shape index (κ1) is 23.9. The van der Waals surface area contributed by atoms with Gasteiger partial charge in [0.25, 0.3) is 0 Å². The number of piperazine rings is 1. The molecule has 178 valence electrons. The normalized spacial score (nSPS) is 20.6. The van der Waals surface area contributed by atoms with Gasteiger partial charge in [0.15, 0.2) is 17.5 Å². The van der Waals surface area contributed by atoms with Crippen LogP contribution in [0.2, 0.25) is 0 Å². The van der Waals surface area contributed by atoms with Gasteiger partial charge in [-0.2, -0.15) is 0 Å². The van der Waals surface area contributed by atoms with Gasteiger partial charge in [-0.3, -0.25) is 9.89 Å². The lowest BCUT2D eigenvalue weighted by Gasteiger charge is -2.36. The number of hydrogen-bond donors (Lipinski definition) is 1. The van der Waals surface area contributed by atoms with E-state index in [2.05, 4.69) is 67.5 Å². The summed E-state index contributed by atoms with van der Waals surface area (Å²) in [7, 11) is 1.90. The monoisotopic (exact) mass is 563 g/mol. The van der Waals surface area contributed by atoms with E-state index in [9.17, 15) is 0 Å². The zero-order valence-electron chi connectivity index (χ0n) is 19.3. The van der Waals surface area contributed by atoms with E-state index >= 15 is 0 Å². The number of para-hydroxylation sites is 1. The molecule has 3 aliphatic heterocycles. The van der Waals surface area contributed by atoms with Crippen molar-refractivity contribution in [1.82, 2.24) is 15.1 Å². The smallest absolute Gasteiger partial charge is 0.231 e. The van der Waals surface area contributed by atoms with Crippen LogP contribution in [0.25, 0.3) is 0 Å². The molecule has 3 heterocycles. The first-order valence-corrected chi connectivity index (χ1v) is 11.6. The zero-order valence-corrected chi connectivity index (χ0v) is 21.6. The van der Waals surface area contributed by atoms with E-state index in [1.807, 2.05) is 13.1 Å². The van der Waals surface area contributed by atoms with Crippen LogP contribution in [0.4, 0.5) is 5.69 Å². The van der Waals surface area contributed by atoms with Crippen molar-refractivity contribution in [1.29, 1.82) is 0 Å². The largest absolute Gasteiger partial charge is 0.454 e. The van der Waals surface area contributed by atoms with Crippen molar-refractivity contribution in [3.63, 3.8) is 0 Å². The molecule has 2 saturated heterocycles. The molecule has 2 aromatic rings. The van der Waals surface area contributed by atoms with Gasteiger partial charge in [-0.15, -0.1) is 24.0 Å². The number of guanidine groups is 1. The van der Waals surface area contributed by atoms with E-state index in [1.54, 1.807) is 0 Å². The van der Waals surface area contributed by atoms with Gasteiger partial charge in [-0.25, -0.2) is 0 Å². The SMILES string of the molecule is CN=C(NCC1CCN(c2ccccc2)C1)N1CCN(Cc2ccc3c(c2)OCO3)CC1.I. The molecule has 0 radical (unpaired) electrons. The summed E-state index contributed by atoms with van der Waals surface area (Å²) >= 11 is 0. The van der Waals surface area contributed by atoms with Crippen LogP contribution in [0.1, 0.15) is 12.0 Å². The third kappa shape index (κ3) is 5.84. The molecule has 0 amide bonds. The number of ether oxygens (including phenoxy) is 2. The number of nitrogens with one attached hydrogen (secondary N) is 1. The van der Waals surface area contributed by atoms with Crippen molar-refractivity contribution in [2.45, 2.75) is 13.0 Å². The number of anilines is 1. The van der Waals surface area contributed by atoms with E-state index in [1.165, 1.54) is 17.7 Å². The summed E-state index contributed by atoms with van der Waals surface area (Å²) in [6.45, 7) is 8.53. The van der Waals surface area contributed by atoms with Gasteiger partial charge in [-0.05, 0) is 42.2 Å². The van der Waals surface area contributed by atoms with E-state index in [4.69, 9.17) is 9.47 Å².